The van der Waals surface area contributed by atoms with Crippen LogP contribution in [0.2, 0.25) is 0 Å². The summed E-state index contributed by atoms with van der Waals surface area (Å²) >= 11 is 0. The summed E-state index contributed by atoms with van der Waals surface area (Å²) in [5.74, 6) is -1.24. The molecule has 9 heteroatoms. The molecule has 1 heterocycles. The van der Waals surface area contributed by atoms with Crippen LogP contribution in [0.1, 0.15) is 21.7 Å². The molecule has 0 saturated carbocycles. The Morgan fingerprint density at radius 1 is 1.29 bits per heavy atom. The summed E-state index contributed by atoms with van der Waals surface area (Å²) in [4.78, 5) is 15.9. The zero-order valence-electron chi connectivity index (χ0n) is 10.4. The van der Waals surface area contributed by atoms with Crippen LogP contribution in [0.25, 0.3) is 0 Å². The molecular weight excluding hydrogens is 289 g/mol. The van der Waals surface area contributed by atoms with Crippen molar-refractivity contribution in [2.75, 3.05) is 0 Å². The molecule has 0 radical (unpaired) electrons. The Morgan fingerprint density at radius 3 is 2.52 bits per heavy atom. The molecule has 1 aromatic heterocycles. The summed E-state index contributed by atoms with van der Waals surface area (Å²) in [5, 5.41) is 8.25. The van der Waals surface area contributed by atoms with Crippen LogP contribution in [0, 0.1) is 0 Å². The molecule has 0 atom stereocenters. The lowest BCUT2D eigenvalue weighted by atomic mass is 10.2. The van der Waals surface area contributed by atoms with Gasteiger partial charge in [0.1, 0.15) is 5.69 Å². The molecule has 1 aromatic carbocycles. The number of oxime groups is 1. The van der Waals surface area contributed by atoms with Gasteiger partial charge >= 0.3 is 12.1 Å². The van der Waals surface area contributed by atoms with Gasteiger partial charge in [-0.1, -0.05) is 35.5 Å². The van der Waals surface area contributed by atoms with E-state index in [0.717, 1.165) is 0 Å². The van der Waals surface area contributed by atoms with Gasteiger partial charge in [0.25, 0.3) is 0 Å². The molecule has 0 saturated heterocycles. The molecule has 0 aliphatic rings. The standard InChI is InChI=1S/C12H9F3N4O2/c13-12(14,15)9-6-8(17-18-9)11(20)21-19-10(16)7-4-2-1-3-5-7/h1-6H,(H2,16,19)(H,17,18). The summed E-state index contributed by atoms with van der Waals surface area (Å²) in [6, 6.07) is 8.93. The fraction of sp³-hybridized carbons (Fsp3) is 0.0833. The van der Waals surface area contributed by atoms with E-state index in [0.29, 0.717) is 11.6 Å². The number of halogens is 3. The van der Waals surface area contributed by atoms with E-state index in [1.807, 2.05) is 0 Å². The maximum atomic E-state index is 12.3. The van der Waals surface area contributed by atoms with Gasteiger partial charge in [-0.3, -0.25) is 5.10 Å². The minimum atomic E-state index is -4.63. The maximum Gasteiger partial charge on any atom is 0.432 e. The van der Waals surface area contributed by atoms with Crippen molar-refractivity contribution in [1.29, 1.82) is 0 Å². The van der Waals surface area contributed by atoms with Gasteiger partial charge in [0.2, 0.25) is 0 Å². The van der Waals surface area contributed by atoms with Crippen molar-refractivity contribution in [2.45, 2.75) is 6.18 Å². The number of amidine groups is 1. The van der Waals surface area contributed by atoms with Gasteiger partial charge in [-0.05, 0) is 0 Å². The van der Waals surface area contributed by atoms with Crippen molar-refractivity contribution >= 4 is 11.8 Å². The highest BCUT2D eigenvalue weighted by Crippen LogP contribution is 2.27. The minimum Gasteiger partial charge on any atom is -0.380 e. The zero-order chi connectivity index (χ0) is 15.5. The number of nitrogens with one attached hydrogen (secondary N) is 1. The van der Waals surface area contributed by atoms with Crippen molar-refractivity contribution in [3.8, 4) is 0 Å². The largest absolute Gasteiger partial charge is 0.432 e. The SMILES string of the molecule is N/C(=N\OC(=O)c1cc(C(F)(F)F)[nH]n1)c1ccccc1. The Balaban J connectivity index is 2.07. The zero-order valence-corrected chi connectivity index (χ0v) is 10.4. The smallest absolute Gasteiger partial charge is 0.380 e. The monoisotopic (exact) mass is 298 g/mol. The summed E-state index contributed by atoms with van der Waals surface area (Å²) in [5.41, 5.74) is 4.36. The average Bonchev–Trinajstić information content (AvgIpc) is 2.95. The molecule has 6 nitrogen and oxygen atoms in total. The van der Waals surface area contributed by atoms with Crippen LogP contribution >= 0.6 is 0 Å². The number of hydrogen-bond donors (Lipinski definition) is 2. The van der Waals surface area contributed by atoms with Crippen LogP contribution in [0.4, 0.5) is 13.2 Å². The van der Waals surface area contributed by atoms with Crippen LogP contribution in [0.3, 0.4) is 0 Å². The van der Waals surface area contributed by atoms with Crippen LogP contribution in [-0.4, -0.2) is 22.0 Å². The predicted molar refractivity (Wildman–Crippen MR) is 66.2 cm³/mol. The first-order chi connectivity index (χ1) is 9.88. The molecule has 21 heavy (non-hydrogen) atoms. The van der Waals surface area contributed by atoms with E-state index >= 15 is 0 Å². The fourth-order valence-corrected chi connectivity index (χ4v) is 1.37. The number of rotatable bonds is 3. The van der Waals surface area contributed by atoms with E-state index in [2.05, 4.69) is 15.1 Å². The van der Waals surface area contributed by atoms with Gasteiger partial charge in [0.15, 0.2) is 11.5 Å². The van der Waals surface area contributed by atoms with Crippen molar-refractivity contribution in [3.63, 3.8) is 0 Å². The second kappa shape index (κ2) is 5.65. The molecule has 0 aliphatic carbocycles. The molecule has 0 unspecified atom stereocenters. The van der Waals surface area contributed by atoms with Gasteiger partial charge in [0.05, 0.1) is 0 Å². The quantitative estimate of drug-likeness (QED) is 0.392. The number of alkyl halides is 3. The number of carbonyl (C=O) groups is 1. The van der Waals surface area contributed by atoms with E-state index < -0.39 is 23.5 Å². The molecule has 2 rings (SSSR count). The van der Waals surface area contributed by atoms with E-state index in [1.54, 1.807) is 35.4 Å². The number of hydrogen-bond acceptors (Lipinski definition) is 4. The van der Waals surface area contributed by atoms with Crippen molar-refractivity contribution < 1.29 is 22.8 Å². The highest BCUT2D eigenvalue weighted by molar-refractivity contribution is 5.97. The summed E-state index contributed by atoms with van der Waals surface area (Å²) in [6.45, 7) is 0. The van der Waals surface area contributed by atoms with Crippen molar-refractivity contribution in [3.05, 3.63) is 53.3 Å². The average molecular weight is 298 g/mol. The van der Waals surface area contributed by atoms with Gasteiger partial charge in [-0.2, -0.15) is 18.3 Å². The Hall–Kier alpha value is -2.84. The van der Waals surface area contributed by atoms with Crippen molar-refractivity contribution in [1.82, 2.24) is 10.2 Å². The first-order valence-electron chi connectivity index (χ1n) is 5.61. The summed E-state index contributed by atoms with van der Waals surface area (Å²) < 4.78 is 37.0. The normalized spacial score (nSPS) is 12.2. The van der Waals surface area contributed by atoms with E-state index in [1.165, 1.54) is 0 Å². The first kappa shape index (κ1) is 14.6. The minimum absolute atomic E-state index is 0.0875. The lowest BCUT2D eigenvalue weighted by Gasteiger charge is -2.00. The van der Waals surface area contributed by atoms with Crippen LogP contribution in [0.5, 0.6) is 0 Å². The Kier molecular flexibility index (Phi) is 3.92. The van der Waals surface area contributed by atoms with Crippen LogP contribution < -0.4 is 5.73 Å². The fourth-order valence-electron chi connectivity index (χ4n) is 1.37. The number of nitrogens with two attached hydrogens (primary N) is 1. The Labute approximate surface area is 116 Å². The van der Waals surface area contributed by atoms with E-state index in [9.17, 15) is 18.0 Å². The van der Waals surface area contributed by atoms with Gasteiger partial charge in [-0.15, -0.1) is 0 Å². The predicted octanol–water partition coefficient (Wildman–Crippen LogP) is 1.91. The second-order valence-corrected chi connectivity index (χ2v) is 3.89. The third kappa shape index (κ3) is 3.59. The Bertz CT molecular complexity index is 665. The summed E-state index contributed by atoms with van der Waals surface area (Å²) in [7, 11) is 0. The number of nitrogens with zero attached hydrogens (tertiary/aromatic N) is 2. The molecule has 0 amide bonds. The lowest BCUT2D eigenvalue weighted by Crippen LogP contribution is -2.15. The molecule has 0 spiro atoms. The highest BCUT2D eigenvalue weighted by Gasteiger charge is 2.34. The number of aromatic amines is 1. The molecule has 3 N–H and O–H groups in total. The molecule has 0 fully saturated rings. The van der Waals surface area contributed by atoms with E-state index in [4.69, 9.17) is 5.73 Å². The number of benzene rings is 1. The number of carbonyl (C=O) groups excluding carboxylic acids is 1. The molecule has 0 aliphatic heterocycles. The van der Waals surface area contributed by atoms with Crippen molar-refractivity contribution in [2.24, 2.45) is 10.9 Å². The molecular formula is C12H9F3N4O2. The highest BCUT2D eigenvalue weighted by atomic mass is 19.4. The topological polar surface area (TPSA) is 93.4 Å². The Morgan fingerprint density at radius 2 is 1.95 bits per heavy atom. The molecule has 2 aromatic rings. The lowest BCUT2D eigenvalue weighted by molar-refractivity contribution is -0.141. The maximum absolute atomic E-state index is 12.3. The summed E-state index contributed by atoms with van der Waals surface area (Å²) in [6.07, 6.45) is -4.63. The van der Waals surface area contributed by atoms with Crippen LogP contribution in [-0.2, 0) is 11.0 Å². The third-order valence-corrected chi connectivity index (χ3v) is 2.39. The number of H-pyrrole nitrogens is 1. The first-order valence-corrected chi connectivity index (χ1v) is 5.61. The van der Waals surface area contributed by atoms with Gasteiger partial charge < -0.3 is 10.6 Å². The third-order valence-electron chi connectivity index (χ3n) is 2.39. The number of aromatic nitrogens is 2. The van der Waals surface area contributed by atoms with E-state index in [-0.39, 0.29) is 5.84 Å². The van der Waals surface area contributed by atoms with Crippen LogP contribution in [0.15, 0.2) is 41.6 Å². The molecule has 0 bridgehead atoms. The second-order valence-electron chi connectivity index (χ2n) is 3.89. The van der Waals surface area contributed by atoms with Gasteiger partial charge in [0, 0.05) is 11.6 Å². The van der Waals surface area contributed by atoms with Gasteiger partial charge in [-0.25, -0.2) is 4.79 Å². The molecule has 110 valence electrons.